The van der Waals surface area contributed by atoms with Gasteiger partial charge < -0.3 is 15.4 Å². The van der Waals surface area contributed by atoms with Gasteiger partial charge in [-0.3, -0.25) is 9.59 Å². The highest BCUT2D eigenvalue weighted by Gasteiger charge is 2.15. The zero-order valence-corrected chi connectivity index (χ0v) is 21.2. The molecule has 0 bridgehead atoms. The van der Waals surface area contributed by atoms with E-state index in [4.69, 9.17) is 4.74 Å². The number of benzene rings is 3. The summed E-state index contributed by atoms with van der Waals surface area (Å²) in [4.78, 5) is 25.0. The molecular weight excluding hydrogens is 480 g/mol. The molecule has 0 heterocycles. The van der Waals surface area contributed by atoms with E-state index in [1.807, 2.05) is 50.2 Å². The van der Waals surface area contributed by atoms with Crippen molar-refractivity contribution in [2.24, 2.45) is 0 Å². The zero-order chi connectivity index (χ0) is 24.2. The molecule has 0 saturated heterocycles. The first kappa shape index (κ1) is 24.5. The van der Waals surface area contributed by atoms with Crippen molar-refractivity contribution in [2.75, 3.05) is 17.2 Å². The molecule has 0 unspecified atom stereocenters. The molecule has 0 saturated carbocycles. The molecule has 0 aliphatic carbocycles. The number of ether oxygens (including phenoxy) is 1. The Hall–Kier alpha value is -3.12. The van der Waals surface area contributed by atoms with E-state index in [0.717, 1.165) is 15.6 Å². The highest BCUT2D eigenvalue weighted by Crippen LogP contribution is 2.27. The third-order valence-electron chi connectivity index (χ3n) is 5.19. The van der Waals surface area contributed by atoms with Gasteiger partial charge in [-0.15, -0.1) is 0 Å². The van der Waals surface area contributed by atoms with Crippen molar-refractivity contribution < 1.29 is 14.3 Å². The molecule has 33 heavy (non-hydrogen) atoms. The summed E-state index contributed by atoms with van der Waals surface area (Å²) in [5.41, 5.74) is 4.85. The summed E-state index contributed by atoms with van der Waals surface area (Å²) in [6, 6.07) is 18.5. The maximum atomic E-state index is 12.6. The summed E-state index contributed by atoms with van der Waals surface area (Å²) in [7, 11) is 0. The number of anilines is 2. The molecule has 0 atom stereocenters. The smallest absolute Gasteiger partial charge is 0.262 e. The molecule has 0 aliphatic rings. The van der Waals surface area contributed by atoms with Crippen molar-refractivity contribution in [1.29, 1.82) is 0 Å². The van der Waals surface area contributed by atoms with Crippen LogP contribution in [-0.2, 0) is 10.2 Å². The maximum Gasteiger partial charge on any atom is 0.262 e. The Kier molecular flexibility index (Phi) is 7.59. The second kappa shape index (κ2) is 10.2. The Bertz CT molecular complexity index is 1140. The van der Waals surface area contributed by atoms with Gasteiger partial charge >= 0.3 is 0 Å². The van der Waals surface area contributed by atoms with E-state index in [-0.39, 0.29) is 23.8 Å². The van der Waals surface area contributed by atoms with E-state index < -0.39 is 0 Å². The number of rotatable bonds is 6. The van der Waals surface area contributed by atoms with Gasteiger partial charge in [0.1, 0.15) is 5.75 Å². The highest BCUT2D eigenvalue weighted by molar-refractivity contribution is 9.10. The molecule has 2 amide bonds. The largest absolute Gasteiger partial charge is 0.483 e. The van der Waals surface area contributed by atoms with Crippen molar-refractivity contribution in [3.05, 3.63) is 87.4 Å². The van der Waals surface area contributed by atoms with Crippen LogP contribution < -0.4 is 15.4 Å². The molecule has 3 aromatic rings. The first-order valence-electron chi connectivity index (χ1n) is 10.7. The topological polar surface area (TPSA) is 67.4 Å². The average molecular weight is 509 g/mol. The van der Waals surface area contributed by atoms with Crippen LogP contribution in [0.25, 0.3) is 0 Å². The first-order chi connectivity index (χ1) is 15.5. The first-order valence-corrected chi connectivity index (χ1v) is 11.5. The molecule has 5 nitrogen and oxygen atoms in total. The Balaban J connectivity index is 1.60. The van der Waals surface area contributed by atoms with Gasteiger partial charge in [-0.05, 0) is 78.4 Å². The lowest BCUT2D eigenvalue weighted by molar-refractivity contribution is -0.118. The molecule has 2 N–H and O–H groups in total. The Morgan fingerprint density at radius 2 is 1.45 bits per heavy atom. The predicted molar refractivity (Wildman–Crippen MR) is 137 cm³/mol. The molecule has 3 aromatic carbocycles. The molecule has 0 spiro atoms. The third kappa shape index (κ3) is 6.68. The lowest BCUT2D eigenvalue weighted by atomic mass is 9.87. The molecular formula is C27H29BrN2O3. The van der Waals surface area contributed by atoms with Crippen LogP contribution in [0.5, 0.6) is 5.75 Å². The molecule has 0 aliphatic heterocycles. The Labute approximate surface area is 203 Å². The lowest BCUT2D eigenvalue weighted by Gasteiger charge is -2.19. The van der Waals surface area contributed by atoms with Gasteiger partial charge in [0, 0.05) is 21.4 Å². The number of carbonyl (C=O) groups is 2. The molecule has 0 aromatic heterocycles. The van der Waals surface area contributed by atoms with Gasteiger partial charge in [0.05, 0.1) is 0 Å². The van der Waals surface area contributed by atoms with E-state index in [2.05, 4.69) is 47.3 Å². The number of amides is 2. The summed E-state index contributed by atoms with van der Waals surface area (Å²) in [6.07, 6.45) is 0. The molecule has 0 fully saturated rings. The summed E-state index contributed by atoms with van der Waals surface area (Å²) in [5, 5.41) is 5.70. The average Bonchev–Trinajstić information content (AvgIpc) is 2.72. The molecule has 3 rings (SSSR count). The van der Waals surface area contributed by atoms with Gasteiger partial charge in [-0.25, -0.2) is 0 Å². The SMILES string of the molecule is Cc1cc(Br)cc(C)c1OCC(=O)Nc1cccc(NC(=O)c2ccc(C(C)(C)C)cc2)c1. The number of aryl methyl sites for hydroxylation is 2. The normalized spacial score (nSPS) is 11.1. The minimum Gasteiger partial charge on any atom is -0.483 e. The van der Waals surface area contributed by atoms with E-state index in [9.17, 15) is 9.59 Å². The van der Waals surface area contributed by atoms with Crippen LogP contribution in [0.2, 0.25) is 0 Å². The Morgan fingerprint density at radius 3 is 2.03 bits per heavy atom. The predicted octanol–water partition coefficient (Wildman–Crippen LogP) is 6.63. The molecule has 0 radical (unpaired) electrons. The zero-order valence-electron chi connectivity index (χ0n) is 19.6. The van der Waals surface area contributed by atoms with Gasteiger partial charge in [-0.2, -0.15) is 0 Å². The van der Waals surface area contributed by atoms with Crippen LogP contribution in [-0.4, -0.2) is 18.4 Å². The standard InChI is InChI=1S/C27H29BrN2O3/c1-17-13-21(28)14-18(2)25(17)33-16-24(31)29-22-7-6-8-23(15-22)30-26(32)19-9-11-20(12-10-19)27(3,4)5/h6-15H,16H2,1-5H3,(H,29,31)(H,30,32). The summed E-state index contributed by atoms with van der Waals surface area (Å²) >= 11 is 3.46. The summed E-state index contributed by atoms with van der Waals surface area (Å²) in [5.74, 6) is 0.216. The lowest BCUT2D eigenvalue weighted by Crippen LogP contribution is -2.21. The number of hydrogen-bond acceptors (Lipinski definition) is 3. The number of hydrogen-bond donors (Lipinski definition) is 2. The number of halogens is 1. The van der Waals surface area contributed by atoms with E-state index in [1.54, 1.807) is 24.3 Å². The second-order valence-corrected chi connectivity index (χ2v) is 9.98. The monoisotopic (exact) mass is 508 g/mol. The quantitative estimate of drug-likeness (QED) is 0.392. The maximum absolute atomic E-state index is 12.6. The van der Waals surface area contributed by atoms with Crippen LogP contribution in [0, 0.1) is 13.8 Å². The number of nitrogens with one attached hydrogen (secondary N) is 2. The van der Waals surface area contributed by atoms with Gasteiger partial charge in [0.25, 0.3) is 11.8 Å². The van der Waals surface area contributed by atoms with Gasteiger partial charge in [0.2, 0.25) is 0 Å². The van der Waals surface area contributed by atoms with Crippen LogP contribution in [0.4, 0.5) is 11.4 Å². The van der Waals surface area contributed by atoms with Crippen molar-refractivity contribution in [3.63, 3.8) is 0 Å². The van der Waals surface area contributed by atoms with Crippen LogP contribution in [0.15, 0.2) is 65.1 Å². The minimum absolute atomic E-state index is 0.0278. The summed E-state index contributed by atoms with van der Waals surface area (Å²) < 4.78 is 6.71. The summed E-state index contributed by atoms with van der Waals surface area (Å²) in [6.45, 7) is 10.2. The molecule has 172 valence electrons. The fourth-order valence-corrected chi connectivity index (χ4v) is 4.15. The van der Waals surface area contributed by atoms with E-state index in [0.29, 0.717) is 22.7 Å². The third-order valence-corrected chi connectivity index (χ3v) is 5.65. The fraction of sp³-hybridized carbons (Fsp3) is 0.259. The van der Waals surface area contributed by atoms with E-state index in [1.165, 1.54) is 5.56 Å². The highest BCUT2D eigenvalue weighted by atomic mass is 79.9. The fourth-order valence-electron chi connectivity index (χ4n) is 3.46. The van der Waals surface area contributed by atoms with Crippen molar-refractivity contribution in [3.8, 4) is 5.75 Å². The van der Waals surface area contributed by atoms with Crippen LogP contribution >= 0.6 is 15.9 Å². The van der Waals surface area contributed by atoms with Crippen LogP contribution in [0.3, 0.4) is 0 Å². The van der Waals surface area contributed by atoms with Crippen molar-refractivity contribution >= 4 is 39.1 Å². The minimum atomic E-state index is -0.280. The van der Waals surface area contributed by atoms with Crippen molar-refractivity contribution in [2.45, 2.75) is 40.0 Å². The van der Waals surface area contributed by atoms with Crippen molar-refractivity contribution in [1.82, 2.24) is 0 Å². The van der Waals surface area contributed by atoms with Gasteiger partial charge in [0.15, 0.2) is 6.61 Å². The Morgan fingerprint density at radius 1 is 0.879 bits per heavy atom. The number of carbonyl (C=O) groups excluding carboxylic acids is 2. The van der Waals surface area contributed by atoms with E-state index >= 15 is 0 Å². The molecule has 6 heteroatoms. The second-order valence-electron chi connectivity index (χ2n) is 9.07. The van der Waals surface area contributed by atoms with Crippen LogP contribution in [0.1, 0.15) is 47.8 Å². The van der Waals surface area contributed by atoms with Gasteiger partial charge in [-0.1, -0.05) is 54.9 Å².